The van der Waals surface area contributed by atoms with Crippen LogP contribution in [0.1, 0.15) is 17.4 Å². The van der Waals surface area contributed by atoms with E-state index in [4.69, 9.17) is 0 Å². The number of nitrogens with zero attached hydrogens (tertiary/aromatic N) is 2. The second-order valence-electron chi connectivity index (χ2n) is 3.08. The largest absolute Gasteiger partial charge is 0.293 e. The number of ketones is 1. The van der Waals surface area contributed by atoms with Gasteiger partial charge in [-0.3, -0.25) is 9.78 Å². The minimum atomic E-state index is -0.0317. The van der Waals surface area contributed by atoms with Gasteiger partial charge in [0.15, 0.2) is 5.78 Å². The van der Waals surface area contributed by atoms with Crippen LogP contribution in [0, 0.1) is 0 Å². The van der Waals surface area contributed by atoms with E-state index < -0.39 is 0 Å². The Morgan fingerprint density at radius 1 is 1.44 bits per heavy atom. The summed E-state index contributed by atoms with van der Waals surface area (Å²) in [4.78, 5) is 19.6. The van der Waals surface area contributed by atoms with Gasteiger partial charge in [0.25, 0.3) is 0 Å². The Bertz CT molecular complexity index is 554. The molecule has 0 atom stereocenters. The average molecular weight is 362 g/mol. The summed E-state index contributed by atoms with van der Waals surface area (Å²) in [7, 11) is 0. The number of rotatable bonds is 2. The maximum atomic E-state index is 11.1. The van der Waals surface area contributed by atoms with Crippen molar-refractivity contribution >= 4 is 49.0 Å². The van der Waals surface area contributed by atoms with Gasteiger partial charge in [0.1, 0.15) is 16.4 Å². The summed E-state index contributed by atoms with van der Waals surface area (Å²) in [6.45, 7) is 1.50. The zero-order valence-corrected chi connectivity index (χ0v) is 12.2. The fourth-order valence-corrected chi connectivity index (χ4v) is 3.29. The van der Waals surface area contributed by atoms with Gasteiger partial charge in [0.2, 0.25) is 0 Å². The molecule has 0 aliphatic heterocycles. The van der Waals surface area contributed by atoms with Crippen molar-refractivity contribution < 1.29 is 4.79 Å². The van der Waals surface area contributed by atoms with Crippen molar-refractivity contribution in [2.45, 2.75) is 6.92 Å². The van der Waals surface area contributed by atoms with E-state index in [0.717, 1.165) is 19.6 Å². The number of carbonyl (C=O) groups excluding carboxylic acids is 1. The Balaban J connectivity index is 2.46. The first-order valence-electron chi connectivity index (χ1n) is 4.36. The number of pyridine rings is 1. The maximum absolute atomic E-state index is 11.1. The predicted molar refractivity (Wildman–Crippen MR) is 70.7 cm³/mol. The Kier molecular flexibility index (Phi) is 3.51. The molecule has 0 fully saturated rings. The summed E-state index contributed by atoms with van der Waals surface area (Å²) in [5, 5.41) is 2.48. The lowest BCUT2D eigenvalue weighted by Gasteiger charge is -1.99. The first kappa shape index (κ1) is 11.9. The van der Waals surface area contributed by atoms with Crippen LogP contribution in [0.3, 0.4) is 0 Å². The van der Waals surface area contributed by atoms with Crippen LogP contribution >= 0.6 is 43.2 Å². The lowest BCUT2D eigenvalue weighted by atomic mass is 10.3. The number of aromatic nitrogens is 2. The molecule has 0 aliphatic rings. The van der Waals surface area contributed by atoms with Crippen LogP contribution in [-0.4, -0.2) is 15.8 Å². The zero-order chi connectivity index (χ0) is 11.7. The Morgan fingerprint density at radius 3 is 2.75 bits per heavy atom. The Hall–Kier alpha value is -0.590. The molecule has 82 valence electrons. The van der Waals surface area contributed by atoms with Crippen LogP contribution in [-0.2, 0) is 0 Å². The van der Waals surface area contributed by atoms with Crippen molar-refractivity contribution in [3.05, 3.63) is 32.3 Å². The van der Waals surface area contributed by atoms with Crippen molar-refractivity contribution in [1.29, 1.82) is 0 Å². The van der Waals surface area contributed by atoms with Gasteiger partial charge in [0.05, 0.1) is 0 Å². The first-order chi connectivity index (χ1) is 7.58. The van der Waals surface area contributed by atoms with E-state index in [1.807, 2.05) is 6.07 Å². The van der Waals surface area contributed by atoms with Crippen molar-refractivity contribution in [1.82, 2.24) is 9.97 Å². The number of hydrogen-bond donors (Lipinski definition) is 0. The summed E-state index contributed by atoms with van der Waals surface area (Å²) >= 11 is 8.16. The molecule has 2 heterocycles. The molecule has 0 amide bonds. The molecule has 0 saturated heterocycles. The quantitative estimate of drug-likeness (QED) is 0.761. The highest BCUT2D eigenvalue weighted by molar-refractivity contribution is 9.11. The molecule has 0 bridgehead atoms. The highest BCUT2D eigenvalue weighted by Gasteiger charge is 2.11. The molecule has 0 saturated carbocycles. The molecule has 2 aromatic heterocycles. The molecular weight excluding hydrogens is 356 g/mol. The SMILES string of the molecule is CC(=O)c1csc(-c2ncc(Br)cc2Br)n1. The van der Waals surface area contributed by atoms with Crippen molar-refractivity contribution in [3.8, 4) is 10.7 Å². The number of Topliss-reactive ketones (excluding diaryl/α,β-unsaturated/α-hetero) is 1. The van der Waals surface area contributed by atoms with Gasteiger partial charge in [-0.1, -0.05) is 0 Å². The topological polar surface area (TPSA) is 42.9 Å². The van der Waals surface area contributed by atoms with Crippen LogP contribution in [0.5, 0.6) is 0 Å². The van der Waals surface area contributed by atoms with Gasteiger partial charge >= 0.3 is 0 Å². The van der Waals surface area contributed by atoms with Gasteiger partial charge < -0.3 is 0 Å². The lowest BCUT2D eigenvalue weighted by molar-refractivity contribution is 0.101. The molecule has 0 N–H and O–H groups in total. The number of halogens is 2. The van der Waals surface area contributed by atoms with E-state index in [9.17, 15) is 4.79 Å². The molecule has 2 rings (SSSR count). The molecule has 3 nitrogen and oxygen atoms in total. The molecular formula is C10H6Br2N2OS. The maximum Gasteiger partial charge on any atom is 0.178 e. The second kappa shape index (κ2) is 4.73. The molecule has 0 unspecified atom stereocenters. The first-order valence-corrected chi connectivity index (χ1v) is 6.82. The van der Waals surface area contributed by atoms with Crippen LogP contribution in [0.25, 0.3) is 10.7 Å². The lowest BCUT2D eigenvalue weighted by Crippen LogP contribution is -1.92. The van der Waals surface area contributed by atoms with E-state index in [-0.39, 0.29) is 5.78 Å². The van der Waals surface area contributed by atoms with Crippen molar-refractivity contribution in [2.24, 2.45) is 0 Å². The number of hydrogen-bond acceptors (Lipinski definition) is 4. The Morgan fingerprint density at radius 2 is 2.19 bits per heavy atom. The fourth-order valence-electron chi connectivity index (χ4n) is 1.12. The smallest absolute Gasteiger partial charge is 0.178 e. The van der Waals surface area contributed by atoms with E-state index in [0.29, 0.717) is 5.69 Å². The molecule has 0 radical (unpaired) electrons. The average Bonchev–Trinajstić information content (AvgIpc) is 2.66. The third kappa shape index (κ3) is 2.39. The van der Waals surface area contributed by atoms with Crippen LogP contribution in [0.15, 0.2) is 26.6 Å². The van der Waals surface area contributed by atoms with Crippen LogP contribution < -0.4 is 0 Å². The molecule has 0 aromatic carbocycles. The normalized spacial score (nSPS) is 10.4. The molecule has 0 spiro atoms. The van der Waals surface area contributed by atoms with Crippen molar-refractivity contribution in [2.75, 3.05) is 0 Å². The predicted octanol–water partition coefficient (Wildman–Crippen LogP) is 3.93. The molecule has 0 aliphatic carbocycles. The molecule has 6 heteroatoms. The van der Waals surface area contributed by atoms with Gasteiger partial charge in [-0.2, -0.15) is 0 Å². The summed E-state index contributed by atoms with van der Waals surface area (Å²) in [6.07, 6.45) is 1.70. The highest BCUT2D eigenvalue weighted by Crippen LogP contribution is 2.30. The summed E-state index contributed by atoms with van der Waals surface area (Å²) in [6, 6.07) is 1.90. The highest BCUT2D eigenvalue weighted by atomic mass is 79.9. The fraction of sp³-hybridized carbons (Fsp3) is 0.100. The number of carbonyl (C=O) groups is 1. The molecule has 16 heavy (non-hydrogen) atoms. The van der Waals surface area contributed by atoms with Gasteiger partial charge in [0, 0.05) is 27.4 Å². The second-order valence-corrected chi connectivity index (χ2v) is 5.71. The van der Waals surface area contributed by atoms with Crippen LogP contribution in [0.2, 0.25) is 0 Å². The summed E-state index contributed by atoms with van der Waals surface area (Å²) < 4.78 is 1.75. The number of thiazole rings is 1. The van der Waals surface area contributed by atoms with Gasteiger partial charge in [-0.25, -0.2) is 4.98 Å². The summed E-state index contributed by atoms with van der Waals surface area (Å²) in [5.74, 6) is -0.0317. The van der Waals surface area contributed by atoms with Crippen LogP contribution in [0.4, 0.5) is 0 Å². The standard InChI is InChI=1S/C10H6Br2N2OS/c1-5(15)8-4-16-10(14-8)9-7(12)2-6(11)3-13-9/h2-4H,1H3. The van der Waals surface area contributed by atoms with Gasteiger partial charge in [-0.15, -0.1) is 11.3 Å². The third-order valence-electron chi connectivity index (χ3n) is 1.88. The van der Waals surface area contributed by atoms with E-state index in [1.165, 1.54) is 18.3 Å². The molecule has 2 aromatic rings. The van der Waals surface area contributed by atoms with Gasteiger partial charge in [-0.05, 0) is 37.9 Å². The minimum absolute atomic E-state index is 0.0317. The van der Waals surface area contributed by atoms with E-state index >= 15 is 0 Å². The van der Waals surface area contributed by atoms with E-state index in [1.54, 1.807) is 11.6 Å². The Labute approximate surface area is 113 Å². The zero-order valence-electron chi connectivity index (χ0n) is 8.20. The minimum Gasteiger partial charge on any atom is -0.293 e. The van der Waals surface area contributed by atoms with Crippen molar-refractivity contribution in [3.63, 3.8) is 0 Å². The monoisotopic (exact) mass is 360 g/mol. The third-order valence-corrected chi connectivity index (χ3v) is 3.76. The summed E-state index contributed by atoms with van der Waals surface area (Å²) in [5.41, 5.74) is 1.23. The van der Waals surface area contributed by atoms with E-state index in [2.05, 4.69) is 41.8 Å².